The molecule has 0 saturated carbocycles. The molecule has 0 aromatic heterocycles. The number of benzene rings is 1. The molecule has 1 amide bonds. The molecule has 2 N–H and O–H groups in total. The highest BCUT2D eigenvalue weighted by atomic mass is 16.5. The summed E-state index contributed by atoms with van der Waals surface area (Å²) >= 11 is 0. The number of fused-ring (bicyclic) bond motifs is 1. The number of anilines is 1. The summed E-state index contributed by atoms with van der Waals surface area (Å²) < 4.78 is 5.50. The predicted octanol–water partition coefficient (Wildman–Crippen LogP) is 0.679. The number of hydrogen-bond acceptors (Lipinski definition) is 3. The molecular weight excluding hydrogens is 192 g/mol. The summed E-state index contributed by atoms with van der Waals surface area (Å²) in [5, 5.41) is 0. The molecule has 1 aliphatic rings. The van der Waals surface area contributed by atoms with E-state index in [9.17, 15) is 4.79 Å². The van der Waals surface area contributed by atoms with Crippen molar-refractivity contribution in [1.82, 2.24) is 0 Å². The monoisotopic (exact) mass is 206 g/mol. The molecule has 4 heteroatoms. The Hall–Kier alpha value is -1.71. The van der Waals surface area contributed by atoms with Gasteiger partial charge in [0.1, 0.15) is 12.4 Å². The quantitative estimate of drug-likeness (QED) is 0.774. The van der Waals surface area contributed by atoms with Crippen LogP contribution in [-0.2, 0) is 4.79 Å². The van der Waals surface area contributed by atoms with E-state index in [2.05, 4.69) is 0 Å². The molecule has 1 aliphatic heterocycles. The van der Waals surface area contributed by atoms with Crippen LogP contribution < -0.4 is 15.4 Å². The first-order valence-corrected chi connectivity index (χ1v) is 4.93. The van der Waals surface area contributed by atoms with Gasteiger partial charge in [-0.15, -0.1) is 0 Å². The lowest BCUT2D eigenvalue weighted by Gasteiger charge is -2.30. The number of hydrogen-bond donors (Lipinski definition) is 1. The van der Waals surface area contributed by atoms with Crippen LogP contribution in [0, 0.1) is 6.92 Å². The van der Waals surface area contributed by atoms with Crippen LogP contribution in [0.2, 0.25) is 0 Å². The fraction of sp³-hybridized carbons (Fsp3) is 0.364. The topological polar surface area (TPSA) is 55.6 Å². The van der Waals surface area contributed by atoms with E-state index in [4.69, 9.17) is 10.5 Å². The van der Waals surface area contributed by atoms with Crippen molar-refractivity contribution in [3.05, 3.63) is 23.8 Å². The highest BCUT2D eigenvalue weighted by Gasteiger charge is 2.18. The molecule has 1 aromatic carbocycles. The number of primary amides is 1. The maximum atomic E-state index is 10.9. The lowest BCUT2D eigenvalue weighted by Crippen LogP contribution is -2.39. The van der Waals surface area contributed by atoms with Gasteiger partial charge in [-0.2, -0.15) is 0 Å². The molecule has 1 aromatic rings. The molecule has 80 valence electrons. The Morgan fingerprint density at radius 2 is 2.40 bits per heavy atom. The Balaban J connectivity index is 2.32. The standard InChI is InChI=1S/C11H14N2O2/c1-8-2-3-10-9(6-8)13(4-5-15-10)7-11(12)14/h2-3,6H,4-5,7H2,1H3,(H2,12,14). The van der Waals surface area contributed by atoms with Crippen molar-refractivity contribution in [2.75, 3.05) is 24.6 Å². The number of rotatable bonds is 2. The molecule has 0 aliphatic carbocycles. The van der Waals surface area contributed by atoms with E-state index in [1.54, 1.807) is 0 Å². The maximum Gasteiger partial charge on any atom is 0.236 e. The molecule has 15 heavy (non-hydrogen) atoms. The molecule has 0 fully saturated rings. The molecule has 0 saturated heterocycles. The summed E-state index contributed by atoms with van der Waals surface area (Å²) in [5.74, 6) is 0.512. The van der Waals surface area contributed by atoms with Crippen molar-refractivity contribution in [2.24, 2.45) is 5.73 Å². The van der Waals surface area contributed by atoms with Crippen molar-refractivity contribution in [3.8, 4) is 5.75 Å². The van der Waals surface area contributed by atoms with E-state index in [-0.39, 0.29) is 12.5 Å². The van der Waals surface area contributed by atoms with E-state index < -0.39 is 0 Å². The fourth-order valence-electron chi connectivity index (χ4n) is 1.74. The van der Waals surface area contributed by atoms with Gasteiger partial charge in [0, 0.05) is 0 Å². The second-order valence-electron chi connectivity index (χ2n) is 3.71. The van der Waals surface area contributed by atoms with Crippen LogP contribution in [0.5, 0.6) is 5.75 Å². The van der Waals surface area contributed by atoms with Crippen LogP contribution in [-0.4, -0.2) is 25.6 Å². The van der Waals surface area contributed by atoms with Crippen LogP contribution in [0.4, 0.5) is 5.69 Å². The minimum absolute atomic E-state index is 0.250. The molecule has 0 bridgehead atoms. The Labute approximate surface area is 88.6 Å². The normalized spacial score (nSPS) is 14.3. The van der Waals surface area contributed by atoms with Gasteiger partial charge in [-0.3, -0.25) is 4.79 Å². The van der Waals surface area contributed by atoms with Crippen molar-refractivity contribution >= 4 is 11.6 Å². The van der Waals surface area contributed by atoms with Gasteiger partial charge in [0.2, 0.25) is 5.91 Å². The number of nitrogens with zero attached hydrogens (tertiary/aromatic N) is 1. The average Bonchev–Trinajstić information content (AvgIpc) is 2.18. The third-order valence-corrected chi connectivity index (χ3v) is 2.42. The molecule has 0 spiro atoms. The molecule has 1 heterocycles. The fourth-order valence-corrected chi connectivity index (χ4v) is 1.74. The van der Waals surface area contributed by atoms with E-state index in [1.165, 1.54) is 0 Å². The average molecular weight is 206 g/mol. The summed E-state index contributed by atoms with van der Waals surface area (Å²) in [6.07, 6.45) is 0. The van der Waals surface area contributed by atoms with Crippen LogP contribution in [0.1, 0.15) is 5.56 Å². The zero-order valence-electron chi connectivity index (χ0n) is 8.69. The molecule has 2 rings (SSSR count). The van der Waals surface area contributed by atoms with Crippen molar-refractivity contribution in [1.29, 1.82) is 0 Å². The van der Waals surface area contributed by atoms with Gasteiger partial charge in [0.25, 0.3) is 0 Å². The minimum Gasteiger partial charge on any atom is -0.490 e. The smallest absolute Gasteiger partial charge is 0.236 e. The van der Waals surface area contributed by atoms with E-state index >= 15 is 0 Å². The Morgan fingerprint density at radius 1 is 1.60 bits per heavy atom. The number of aryl methyl sites for hydroxylation is 1. The molecule has 4 nitrogen and oxygen atoms in total. The first kappa shape index (κ1) is 9.83. The van der Waals surface area contributed by atoms with Crippen LogP contribution in [0.15, 0.2) is 18.2 Å². The zero-order chi connectivity index (χ0) is 10.8. The van der Waals surface area contributed by atoms with Gasteiger partial charge in [-0.1, -0.05) is 6.07 Å². The largest absolute Gasteiger partial charge is 0.490 e. The highest BCUT2D eigenvalue weighted by Crippen LogP contribution is 2.31. The highest BCUT2D eigenvalue weighted by molar-refractivity contribution is 5.80. The summed E-state index contributed by atoms with van der Waals surface area (Å²) in [6, 6.07) is 5.93. The number of nitrogens with two attached hydrogens (primary N) is 1. The Bertz CT molecular complexity index is 390. The number of carbonyl (C=O) groups is 1. The second kappa shape index (κ2) is 3.81. The van der Waals surface area contributed by atoms with Gasteiger partial charge in [0.05, 0.1) is 18.8 Å². The van der Waals surface area contributed by atoms with Gasteiger partial charge in [-0.05, 0) is 24.6 Å². The van der Waals surface area contributed by atoms with Crippen molar-refractivity contribution < 1.29 is 9.53 Å². The third kappa shape index (κ3) is 2.03. The van der Waals surface area contributed by atoms with E-state index in [0.717, 1.165) is 17.0 Å². The SMILES string of the molecule is Cc1ccc2c(c1)N(CC(N)=O)CCO2. The van der Waals surface area contributed by atoms with Gasteiger partial charge >= 0.3 is 0 Å². The second-order valence-corrected chi connectivity index (χ2v) is 3.71. The lowest BCUT2D eigenvalue weighted by atomic mass is 10.1. The van der Waals surface area contributed by atoms with Crippen molar-refractivity contribution in [3.63, 3.8) is 0 Å². The summed E-state index contributed by atoms with van der Waals surface area (Å²) in [5.41, 5.74) is 7.30. The van der Waals surface area contributed by atoms with Crippen LogP contribution >= 0.6 is 0 Å². The van der Waals surface area contributed by atoms with Gasteiger partial charge in [-0.25, -0.2) is 0 Å². The molecular formula is C11H14N2O2. The molecule has 0 unspecified atom stereocenters. The molecule has 0 atom stereocenters. The predicted molar refractivity (Wildman–Crippen MR) is 58.1 cm³/mol. The number of amides is 1. The van der Waals surface area contributed by atoms with Gasteiger partial charge in [0.15, 0.2) is 0 Å². The van der Waals surface area contributed by atoms with Crippen molar-refractivity contribution in [2.45, 2.75) is 6.92 Å². The van der Waals surface area contributed by atoms with E-state index in [1.807, 2.05) is 30.0 Å². The zero-order valence-corrected chi connectivity index (χ0v) is 8.69. The lowest BCUT2D eigenvalue weighted by molar-refractivity contribution is -0.116. The summed E-state index contributed by atoms with van der Waals surface area (Å²) in [6.45, 7) is 3.57. The summed E-state index contributed by atoms with van der Waals surface area (Å²) in [4.78, 5) is 12.9. The minimum atomic E-state index is -0.315. The Kier molecular flexibility index (Phi) is 2.49. The first-order chi connectivity index (χ1) is 7.16. The number of ether oxygens (including phenoxy) is 1. The first-order valence-electron chi connectivity index (χ1n) is 4.93. The summed E-state index contributed by atoms with van der Waals surface area (Å²) in [7, 11) is 0. The maximum absolute atomic E-state index is 10.9. The van der Waals surface area contributed by atoms with E-state index in [0.29, 0.717) is 13.2 Å². The molecule has 0 radical (unpaired) electrons. The third-order valence-electron chi connectivity index (χ3n) is 2.42. The van der Waals surface area contributed by atoms with Crippen LogP contribution in [0.3, 0.4) is 0 Å². The Morgan fingerprint density at radius 3 is 3.13 bits per heavy atom. The van der Waals surface area contributed by atoms with Gasteiger partial charge < -0.3 is 15.4 Å². The number of carbonyl (C=O) groups excluding carboxylic acids is 1. The van der Waals surface area contributed by atoms with Crippen LogP contribution in [0.25, 0.3) is 0 Å².